The molecule has 9 heteroatoms. The van der Waals surface area contributed by atoms with Gasteiger partial charge >= 0.3 is 0 Å². The summed E-state index contributed by atoms with van der Waals surface area (Å²) in [4.78, 5) is 21.3. The Morgan fingerprint density at radius 1 is 0.147 bits per heavy atom. The summed E-state index contributed by atoms with van der Waals surface area (Å²) in [6.45, 7) is 0. The van der Waals surface area contributed by atoms with Crippen LogP contribution in [-0.2, 0) is 0 Å². The number of rotatable bonds is 18. The fourth-order valence-corrected chi connectivity index (χ4v) is 18.5. The number of fused-ring (bicyclic) bond motifs is 11. The molecule has 22 aromatic carbocycles. The van der Waals surface area contributed by atoms with E-state index in [1.54, 1.807) is 0 Å². The minimum atomic E-state index is 0.634. The molecule has 0 bridgehead atoms. The van der Waals surface area contributed by atoms with E-state index < -0.39 is 0 Å². The maximum Gasteiger partial charge on any atom is 0.227 e. The molecule has 25 rings (SSSR count). The predicted octanol–water partition coefficient (Wildman–Crippen LogP) is 35.5. The summed E-state index contributed by atoms with van der Waals surface area (Å²) in [5.74, 6) is 1.91. The molecule has 642 valence electrons. The van der Waals surface area contributed by atoms with Gasteiger partial charge in [-0.2, -0.15) is 0 Å². The van der Waals surface area contributed by atoms with Gasteiger partial charge in [0.05, 0.1) is 0 Å². The van der Waals surface area contributed by atoms with Gasteiger partial charge in [0.2, 0.25) is 17.7 Å². The molecule has 0 radical (unpaired) electrons. The first-order valence-corrected chi connectivity index (χ1v) is 45.8. The van der Waals surface area contributed by atoms with Crippen LogP contribution in [0.25, 0.3) is 178 Å². The van der Waals surface area contributed by atoms with Gasteiger partial charge in [-0.3, -0.25) is 0 Å². The van der Waals surface area contributed by atoms with Crippen LogP contribution in [-0.4, -0.2) is 15.0 Å². The maximum absolute atomic E-state index is 6.46. The van der Waals surface area contributed by atoms with E-state index in [1.807, 2.05) is 115 Å². The smallest absolute Gasteiger partial charge is 0.227 e. The quantitative estimate of drug-likeness (QED) is 0.0780. The van der Waals surface area contributed by atoms with E-state index in [9.17, 15) is 0 Å². The Labute approximate surface area is 788 Å². The first-order valence-electron chi connectivity index (χ1n) is 45.8. The van der Waals surface area contributed by atoms with E-state index in [0.29, 0.717) is 17.7 Å². The third-order valence-electron chi connectivity index (χ3n) is 25.3. The number of oxazole rings is 3. The van der Waals surface area contributed by atoms with Crippen molar-refractivity contribution in [3.8, 4) is 101 Å². The molecule has 0 atom stereocenters. The van der Waals surface area contributed by atoms with Crippen molar-refractivity contribution >= 4 is 128 Å². The van der Waals surface area contributed by atoms with E-state index in [0.717, 1.165) is 172 Å². The summed E-state index contributed by atoms with van der Waals surface area (Å²) in [6, 6.07) is 183. The van der Waals surface area contributed by atoms with Gasteiger partial charge in [0.1, 0.15) is 16.6 Å². The zero-order chi connectivity index (χ0) is 90.5. The van der Waals surface area contributed by atoms with Gasteiger partial charge in [-0.15, -0.1) is 0 Å². The molecule has 0 saturated carbocycles. The van der Waals surface area contributed by atoms with Gasteiger partial charge in [-0.05, 0) is 270 Å². The van der Waals surface area contributed by atoms with Gasteiger partial charge in [0.15, 0.2) is 16.7 Å². The second kappa shape index (κ2) is 36.9. The third kappa shape index (κ3) is 16.7. The Balaban J connectivity index is 0.000000115. The van der Waals surface area contributed by atoms with Crippen LogP contribution in [0.4, 0.5) is 51.2 Å². The fourth-order valence-electron chi connectivity index (χ4n) is 18.5. The van der Waals surface area contributed by atoms with Gasteiger partial charge in [0.25, 0.3) is 0 Å². The van der Waals surface area contributed by atoms with Gasteiger partial charge in [-0.1, -0.05) is 346 Å². The van der Waals surface area contributed by atoms with Crippen molar-refractivity contribution in [2.24, 2.45) is 0 Å². The second-order valence-corrected chi connectivity index (χ2v) is 33.7. The fraction of sp³-hybridized carbons (Fsp3) is 0. The summed E-state index contributed by atoms with van der Waals surface area (Å²) in [6.07, 6.45) is 0. The van der Waals surface area contributed by atoms with E-state index in [2.05, 4.69) is 421 Å². The van der Waals surface area contributed by atoms with Crippen molar-refractivity contribution in [2.45, 2.75) is 0 Å². The van der Waals surface area contributed by atoms with Crippen molar-refractivity contribution in [2.75, 3.05) is 14.7 Å². The standard InChI is InChI=1S/C45H30N2O.2C41H28N2O/c1-4-10-31(11-5-1)32-20-25-39(26-21-32)47(38-14-8-3-9-15-38)40-27-22-33(23-28-40)37-19-17-34-16-18-35-24-29-42-44(43(35)41(34)30-37)48-45(46-42)36-12-6-2-7-13-36;1-4-11-29(12-5-1)30-19-24-35(25-20-30)43(34-16-8-3-9-17-34)36-26-21-31(22-27-36)37-18-10-15-32-23-28-38-40(39(32)37)44-41(42-38)33-13-6-2-7-14-33;1-4-10-29(11-5-1)30-18-23-36(24-19-30)43(35-14-8-3-9-15-35)37-25-20-31(21-26-37)34-17-16-32-22-27-39-40(38(32)28-34)44-41(42-39)33-12-6-2-7-13-33/h1-30H;2*1-28H. The molecule has 0 spiro atoms. The van der Waals surface area contributed by atoms with Crippen LogP contribution in [0.2, 0.25) is 0 Å². The maximum atomic E-state index is 6.46. The average Bonchev–Trinajstić information content (AvgIpc) is 1.51. The Kier molecular flexibility index (Phi) is 22.3. The van der Waals surface area contributed by atoms with Gasteiger partial charge in [0, 0.05) is 84.0 Å². The topological polar surface area (TPSA) is 87.8 Å². The van der Waals surface area contributed by atoms with Crippen molar-refractivity contribution in [1.29, 1.82) is 0 Å². The molecule has 25 aromatic rings. The first kappa shape index (κ1) is 82.1. The number of anilines is 9. The second-order valence-electron chi connectivity index (χ2n) is 33.7. The summed E-state index contributed by atoms with van der Waals surface area (Å²) in [7, 11) is 0. The molecule has 3 heterocycles. The number of hydrogen-bond acceptors (Lipinski definition) is 9. The molecule has 0 aliphatic heterocycles. The molecule has 0 unspecified atom stereocenters. The van der Waals surface area contributed by atoms with Crippen LogP contribution in [0.3, 0.4) is 0 Å². The molecule has 0 fully saturated rings. The van der Waals surface area contributed by atoms with E-state index in [4.69, 9.17) is 28.2 Å². The van der Waals surface area contributed by atoms with E-state index in [-0.39, 0.29) is 0 Å². The highest BCUT2D eigenvalue weighted by Gasteiger charge is 2.23. The lowest BCUT2D eigenvalue weighted by Gasteiger charge is -2.26. The van der Waals surface area contributed by atoms with Crippen molar-refractivity contribution in [3.05, 3.63) is 522 Å². The average molecular weight is 1740 g/mol. The minimum absolute atomic E-state index is 0.634. The van der Waals surface area contributed by atoms with Crippen molar-refractivity contribution < 1.29 is 13.3 Å². The van der Waals surface area contributed by atoms with Crippen molar-refractivity contribution in [1.82, 2.24) is 15.0 Å². The number of para-hydroxylation sites is 3. The monoisotopic (exact) mass is 1740 g/mol. The number of benzene rings is 22. The number of aromatic nitrogens is 3. The van der Waals surface area contributed by atoms with Gasteiger partial charge < -0.3 is 28.0 Å². The van der Waals surface area contributed by atoms with E-state index >= 15 is 0 Å². The first-order chi connectivity index (χ1) is 67.4. The molecule has 0 saturated heterocycles. The lowest BCUT2D eigenvalue weighted by Crippen LogP contribution is -2.09. The predicted molar refractivity (Wildman–Crippen MR) is 565 cm³/mol. The molecular weight excluding hydrogens is 1660 g/mol. The van der Waals surface area contributed by atoms with Crippen LogP contribution in [0, 0.1) is 0 Å². The lowest BCUT2D eigenvalue weighted by molar-refractivity contribution is 0.622. The molecular formula is C127H86N6O3. The molecule has 9 nitrogen and oxygen atoms in total. The molecule has 0 N–H and O–H groups in total. The van der Waals surface area contributed by atoms with E-state index in [1.165, 1.54) is 38.8 Å². The highest BCUT2D eigenvalue weighted by molar-refractivity contribution is 6.19. The SMILES string of the molecule is c1ccc(-c2ccc(N(c3ccccc3)c3ccc(-c4ccc5ccc6ccc7nc(-c8ccccc8)oc7c6c5c4)cc3)cc2)cc1.c1ccc(-c2ccc(N(c3ccccc3)c3ccc(-c4ccc5ccc6nc(-c7ccccc7)oc6c5c4)cc3)cc2)cc1.c1ccc(-c2ccc(N(c3ccccc3)c3ccc(-c4cccc5ccc6nc(-c7ccccc7)oc6c45)cc3)cc2)cc1. The van der Waals surface area contributed by atoms with Crippen LogP contribution >= 0.6 is 0 Å². The number of nitrogens with zero attached hydrogens (tertiary/aromatic N) is 6. The highest BCUT2D eigenvalue weighted by atomic mass is 16.4. The summed E-state index contributed by atoms with van der Waals surface area (Å²) >= 11 is 0. The highest BCUT2D eigenvalue weighted by Crippen LogP contribution is 2.46. The molecule has 0 aliphatic rings. The molecule has 3 aromatic heterocycles. The minimum Gasteiger partial charge on any atom is -0.435 e. The Morgan fingerprint density at radius 3 is 0.728 bits per heavy atom. The van der Waals surface area contributed by atoms with Gasteiger partial charge in [-0.25, -0.2) is 15.0 Å². The number of hydrogen-bond donors (Lipinski definition) is 0. The Hall–Kier alpha value is -18.3. The molecule has 136 heavy (non-hydrogen) atoms. The Bertz CT molecular complexity index is 8490. The molecule has 0 amide bonds. The van der Waals surface area contributed by atoms with Crippen molar-refractivity contribution in [3.63, 3.8) is 0 Å². The lowest BCUT2D eigenvalue weighted by atomic mass is 9.96. The summed E-state index contributed by atoms with van der Waals surface area (Å²) in [5, 5.41) is 8.93. The Morgan fingerprint density at radius 2 is 0.375 bits per heavy atom. The van der Waals surface area contributed by atoms with Crippen LogP contribution in [0.1, 0.15) is 0 Å². The normalized spacial score (nSPS) is 11.2. The zero-order valence-corrected chi connectivity index (χ0v) is 74.1. The van der Waals surface area contributed by atoms with Crippen LogP contribution in [0.15, 0.2) is 535 Å². The zero-order valence-electron chi connectivity index (χ0n) is 74.1. The third-order valence-corrected chi connectivity index (χ3v) is 25.3. The summed E-state index contributed by atoms with van der Waals surface area (Å²) < 4.78 is 19.2. The molecule has 0 aliphatic carbocycles. The summed E-state index contributed by atoms with van der Waals surface area (Å²) in [5.41, 5.74) is 31.9. The van der Waals surface area contributed by atoms with Crippen LogP contribution < -0.4 is 14.7 Å². The largest absolute Gasteiger partial charge is 0.435 e. The van der Waals surface area contributed by atoms with Crippen LogP contribution in [0.5, 0.6) is 0 Å².